The summed E-state index contributed by atoms with van der Waals surface area (Å²) in [5.41, 5.74) is -1.32. The van der Waals surface area contributed by atoms with Crippen molar-refractivity contribution in [2.45, 2.75) is 12.3 Å². The molecular formula is C9H7ClF4O. The molecule has 0 aromatic heterocycles. The first-order valence-corrected chi connectivity index (χ1v) is 4.49. The molecule has 0 aliphatic heterocycles. The first-order chi connectivity index (χ1) is 6.84. The maximum atomic E-state index is 12.8. The van der Waals surface area contributed by atoms with E-state index in [0.29, 0.717) is 12.1 Å². The second-order valence-corrected chi connectivity index (χ2v) is 3.25. The molecule has 0 saturated carbocycles. The molecular weight excluding hydrogens is 236 g/mol. The van der Waals surface area contributed by atoms with Gasteiger partial charge in [-0.25, -0.2) is 4.39 Å². The van der Waals surface area contributed by atoms with Gasteiger partial charge in [-0.3, -0.25) is 0 Å². The van der Waals surface area contributed by atoms with E-state index in [2.05, 4.69) is 0 Å². The van der Waals surface area contributed by atoms with Gasteiger partial charge in [-0.2, -0.15) is 13.2 Å². The van der Waals surface area contributed by atoms with Crippen molar-refractivity contribution in [2.75, 3.05) is 5.88 Å². The quantitative estimate of drug-likeness (QED) is 0.624. The van der Waals surface area contributed by atoms with Gasteiger partial charge < -0.3 is 5.11 Å². The Labute approximate surface area is 88.3 Å². The summed E-state index contributed by atoms with van der Waals surface area (Å²) in [6, 6.07) is 1.86. The van der Waals surface area contributed by atoms with Crippen LogP contribution in [0.4, 0.5) is 17.6 Å². The van der Waals surface area contributed by atoms with E-state index in [1.807, 2.05) is 0 Å². The summed E-state index contributed by atoms with van der Waals surface area (Å²) in [6.45, 7) is 0. The largest absolute Gasteiger partial charge is 0.416 e. The van der Waals surface area contributed by atoms with Crippen LogP contribution in [0, 0.1) is 5.82 Å². The highest BCUT2D eigenvalue weighted by Gasteiger charge is 2.31. The van der Waals surface area contributed by atoms with Crippen molar-refractivity contribution in [2.24, 2.45) is 0 Å². The van der Waals surface area contributed by atoms with Crippen molar-refractivity contribution >= 4 is 11.6 Å². The molecule has 15 heavy (non-hydrogen) atoms. The van der Waals surface area contributed by atoms with Crippen LogP contribution in [0.3, 0.4) is 0 Å². The minimum absolute atomic E-state index is 0.183. The summed E-state index contributed by atoms with van der Waals surface area (Å²) in [4.78, 5) is 0. The van der Waals surface area contributed by atoms with E-state index in [0.717, 1.165) is 6.07 Å². The lowest BCUT2D eigenvalue weighted by Crippen LogP contribution is -2.08. The fourth-order valence-electron chi connectivity index (χ4n) is 1.06. The van der Waals surface area contributed by atoms with Crippen LogP contribution in [-0.4, -0.2) is 11.0 Å². The van der Waals surface area contributed by atoms with Crippen LogP contribution in [0.15, 0.2) is 18.2 Å². The Hall–Kier alpha value is -0.810. The van der Waals surface area contributed by atoms with E-state index in [1.165, 1.54) is 0 Å². The van der Waals surface area contributed by atoms with Gasteiger partial charge in [0.25, 0.3) is 0 Å². The molecule has 1 nitrogen and oxygen atoms in total. The molecule has 6 heteroatoms. The Balaban J connectivity index is 3.17. The first-order valence-electron chi connectivity index (χ1n) is 3.96. The van der Waals surface area contributed by atoms with E-state index in [4.69, 9.17) is 11.6 Å². The molecule has 0 fully saturated rings. The monoisotopic (exact) mass is 242 g/mol. The fourth-order valence-corrected chi connectivity index (χ4v) is 1.24. The van der Waals surface area contributed by atoms with Gasteiger partial charge in [0, 0.05) is 0 Å². The van der Waals surface area contributed by atoms with Crippen LogP contribution in [0.25, 0.3) is 0 Å². The van der Waals surface area contributed by atoms with Gasteiger partial charge >= 0.3 is 6.18 Å². The predicted molar refractivity (Wildman–Crippen MR) is 47.1 cm³/mol. The topological polar surface area (TPSA) is 20.2 Å². The van der Waals surface area contributed by atoms with Crippen LogP contribution in [0.2, 0.25) is 0 Å². The summed E-state index contributed by atoms with van der Waals surface area (Å²) in [5, 5.41) is 9.18. The van der Waals surface area contributed by atoms with Crippen LogP contribution < -0.4 is 0 Å². The highest BCUT2D eigenvalue weighted by molar-refractivity contribution is 6.18. The normalized spacial score (nSPS) is 14.0. The van der Waals surface area contributed by atoms with Crippen LogP contribution >= 0.6 is 11.6 Å². The number of hydrogen-bond acceptors (Lipinski definition) is 1. The maximum absolute atomic E-state index is 12.8. The molecule has 0 aliphatic rings. The summed E-state index contributed by atoms with van der Waals surface area (Å²) < 4.78 is 49.5. The average molecular weight is 243 g/mol. The Bertz CT molecular complexity index is 350. The van der Waals surface area contributed by atoms with Crippen molar-refractivity contribution in [1.82, 2.24) is 0 Å². The molecule has 0 saturated heterocycles. The third kappa shape index (κ3) is 3.07. The summed E-state index contributed by atoms with van der Waals surface area (Å²) in [5.74, 6) is -1.34. The lowest BCUT2D eigenvalue weighted by molar-refractivity contribution is -0.137. The molecule has 1 aromatic carbocycles. The maximum Gasteiger partial charge on any atom is 0.416 e. The minimum atomic E-state index is -4.64. The number of halogens is 5. The fraction of sp³-hybridized carbons (Fsp3) is 0.333. The lowest BCUT2D eigenvalue weighted by Gasteiger charge is -2.11. The molecule has 1 rings (SSSR count). The number of benzene rings is 1. The molecule has 84 valence electrons. The predicted octanol–water partition coefficient (Wildman–Crippen LogP) is 3.12. The Morgan fingerprint density at radius 1 is 1.27 bits per heavy atom. The Morgan fingerprint density at radius 3 is 2.33 bits per heavy atom. The second-order valence-electron chi connectivity index (χ2n) is 2.94. The lowest BCUT2D eigenvalue weighted by atomic mass is 10.1. The Morgan fingerprint density at radius 2 is 1.87 bits per heavy atom. The molecule has 0 bridgehead atoms. The van der Waals surface area contributed by atoms with Crippen LogP contribution in [0.5, 0.6) is 0 Å². The van der Waals surface area contributed by atoms with Crippen molar-refractivity contribution in [3.8, 4) is 0 Å². The van der Waals surface area contributed by atoms with Gasteiger partial charge in [-0.05, 0) is 23.8 Å². The van der Waals surface area contributed by atoms with Crippen molar-refractivity contribution in [3.05, 3.63) is 35.1 Å². The van der Waals surface area contributed by atoms with Crippen LogP contribution in [0.1, 0.15) is 17.2 Å². The molecule has 0 radical (unpaired) electrons. The van der Waals surface area contributed by atoms with Crippen molar-refractivity contribution in [1.29, 1.82) is 0 Å². The third-order valence-corrected chi connectivity index (χ3v) is 2.07. The average Bonchev–Trinajstić information content (AvgIpc) is 2.14. The SMILES string of the molecule is O[C@H](CCl)c1cc(F)cc(C(F)(F)F)c1. The highest BCUT2D eigenvalue weighted by atomic mass is 35.5. The summed E-state index contributed by atoms with van der Waals surface area (Å²) in [6.07, 6.45) is -5.94. The molecule has 0 unspecified atom stereocenters. The van der Waals surface area contributed by atoms with Gasteiger partial charge in [-0.1, -0.05) is 0 Å². The number of alkyl halides is 4. The molecule has 1 N–H and O–H groups in total. The second kappa shape index (κ2) is 4.37. The molecule has 0 spiro atoms. The zero-order valence-electron chi connectivity index (χ0n) is 7.35. The van der Waals surface area contributed by atoms with E-state index in [-0.39, 0.29) is 11.4 Å². The standard InChI is InChI=1S/C9H7ClF4O/c10-4-8(15)5-1-6(9(12,13)14)3-7(11)2-5/h1-3,8,15H,4H2/t8-/m1/s1. The number of aliphatic hydroxyl groups is 1. The third-order valence-electron chi connectivity index (χ3n) is 1.78. The highest BCUT2D eigenvalue weighted by Crippen LogP contribution is 2.31. The Kier molecular flexibility index (Phi) is 3.57. The zero-order valence-corrected chi connectivity index (χ0v) is 8.11. The van der Waals surface area contributed by atoms with E-state index in [1.54, 1.807) is 0 Å². The number of aliphatic hydroxyl groups excluding tert-OH is 1. The van der Waals surface area contributed by atoms with Gasteiger partial charge in [-0.15, -0.1) is 11.6 Å². The van der Waals surface area contributed by atoms with Gasteiger partial charge in [0.1, 0.15) is 5.82 Å². The van der Waals surface area contributed by atoms with Crippen molar-refractivity contribution in [3.63, 3.8) is 0 Å². The van der Waals surface area contributed by atoms with Gasteiger partial charge in [0.15, 0.2) is 0 Å². The molecule has 1 aromatic rings. The van der Waals surface area contributed by atoms with Crippen LogP contribution in [-0.2, 0) is 6.18 Å². The smallest absolute Gasteiger partial charge is 0.387 e. The van der Waals surface area contributed by atoms with E-state index in [9.17, 15) is 22.7 Å². The molecule has 1 atom stereocenters. The van der Waals surface area contributed by atoms with Crippen molar-refractivity contribution < 1.29 is 22.7 Å². The molecule has 0 heterocycles. The van der Waals surface area contributed by atoms with Gasteiger partial charge in [0.2, 0.25) is 0 Å². The number of hydrogen-bond donors (Lipinski definition) is 1. The first kappa shape index (κ1) is 12.3. The summed E-state index contributed by atoms with van der Waals surface area (Å²) in [7, 11) is 0. The van der Waals surface area contributed by atoms with E-state index < -0.39 is 23.7 Å². The zero-order chi connectivity index (χ0) is 11.6. The summed E-state index contributed by atoms with van der Waals surface area (Å²) >= 11 is 5.25. The molecule has 0 amide bonds. The molecule has 0 aliphatic carbocycles. The number of rotatable bonds is 2. The minimum Gasteiger partial charge on any atom is -0.387 e. The van der Waals surface area contributed by atoms with E-state index >= 15 is 0 Å². The van der Waals surface area contributed by atoms with Gasteiger partial charge in [0.05, 0.1) is 17.5 Å².